The zero-order valence-corrected chi connectivity index (χ0v) is 14.7. The average molecular weight is 365 g/mol. The molecule has 2 aromatic rings. The van der Waals surface area contributed by atoms with Crippen molar-refractivity contribution in [1.29, 1.82) is 0 Å². The molecule has 2 heterocycles. The van der Waals surface area contributed by atoms with Gasteiger partial charge in [-0.25, -0.2) is 10.4 Å². The molecule has 0 atom stereocenters. The van der Waals surface area contributed by atoms with E-state index in [0.29, 0.717) is 28.2 Å². The van der Waals surface area contributed by atoms with Gasteiger partial charge < -0.3 is 9.72 Å². The molecule has 0 spiro atoms. The third kappa shape index (κ3) is 3.93. The number of pyridine rings is 1. The fourth-order valence-electron chi connectivity index (χ4n) is 3.10. The Bertz CT molecular complexity index is 768. The van der Waals surface area contributed by atoms with E-state index in [1.54, 1.807) is 12.3 Å². The van der Waals surface area contributed by atoms with Crippen molar-refractivity contribution in [2.75, 3.05) is 6.61 Å². The van der Waals surface area contributed by atoms with Gasteiger partial charge in [-0.15, -0.1) is 0 Å². The molecule has 1 saturated carbocycles. The van der Waals surface area contributed by atoms with E-state index < -0.39 is 0 Å². The minimum atomic E-state index is -0.326. The van der Waals surface area contributed by atoms with Crippen LogP contribution in [-0.4, -0.2) is 34.5 Å². The van der Waals surface area contributed by atoms with Gasteiger partial charge in [0.15, 0.2) is 0 Å². The van der Waals surface area contributed by atoms with Crippen LogP contribution >= 0.6 is 11.6 Å². The van der Waals surface area contributed by atoms with Crippen molar-refractivity contribution in [2.24, 2.45) is 5.92 Å². The molecule has 0 bridgehead atoms. The number of carbonyl (C=O) groups is 2. The lowest BCUT2D eigenvalue weighted by Gasteiger charge is -2.28. The molecular weight excluding hydrogens is 344 g/mol. The first kappa shape index (κ1) is 17.7. The van der Waals surface area contributed by atoms with Crippen molar-refractivity contribution < 1.29 is 14.3 Å². The van der Waals surface area contributed by atoms with E-state index in [4.69, 9.17) is 16.3 Å². The highest BCUT2D eigenvalue weighted by Gasteiger charge is 2.27. The average Bonchev–Trinajstić information content (AvgIpc) is 3.10. The van der Waals surface area contributed by atoms with E-state index in [1.165, 1.54) is 6.20 Å². The third-order valence-electron chi connectivity index (χ3n) is 4.50. The number of esters is 1. The van der Waals surface area contributed by atoms with Crippen LogP contribution in [-0.2, 0) is 9.53 Å². The van der Waals surface area contributed by atoms with Gasteiger partial charge >= 0.3 is 5.97 Å². The summed E-state index contributed by atoms with van der Waals surface area (Å²) in [5.41, 5.74) is 6.70. The largest absolute Gasteiger partial charge is 0.466 e. The fraction of sp³-hybridized carbons (Fsp3) is 0.471. The summed E-state index contributed by atoms with van der Waals surface area (Å²) >= 11 is 6.28. The van der Waals surface area contributed by atoms with Crippen molar-refractivity contribution in [1.82, 2.24) is 20.8 Å². The maximum absolute atomic E-state index is 12.3. The molecular formula is C17H21ClN4O3. The molecule has 0 unspecified atom stereocenters. The zero-order chi connectivity index (χ0) is 17.8. The Morgan fingerprint density at radius 1 is 1.36 bits per heavy atom. The van der Waals surface area contributed by atoms with E-state index in [-0.39, 0.29) is 23.8 Å². The van der Waals surface area contributed by atoms with Gasteiger partial charge in [0.1, 0.15) is 5.65 Å². The number of hydrazine groups is 1. The van der Waals surface area contributed by atoms with Crippen LogP contribution in [0.5, 0.6) is 0 Å². The lowest BCUT2D eigenvalue weighted by Crippen LogP contribution is -2.46. The normalized spacial score (nSPS) is 20.4. The minimum absolute atomic E-state index is 0.0386. The smallest absolute Gasteiger partial charge is 0.308 e. The van der Waals surface area contributed by atoms with E-state index >= 15 is 0 Å². The standard InChI is InChI=1S/C17H21ClN4O3/c1-2-25-17(24)10-3-5-11(6-4-10)21-22-16(23)13-9-20-15-12(14(13)18)7-8-19-15/h7-11,21H,2-6H2,1H3,(H,19,20)(H,22,23). The lowest BCUT2D eigenvalue weighted by molar-refractivity contribution is -0.149. The molecule has 3 rings (SSSR count). The summed E-state index contributed by atoms with van der Waals surface area (Å²) in [6.45, 7) is 2.22. The number of nitrogens with zero attached hydrogens (tertiary/aromatic N) is 1. The number of nitrogens with one attached hydrogen (secondary N) is 3. The van der Waals surface area contributed by atoms with Crippen molar-refractivity contribution in [2.45, 2.75) is 38.6 Å². The van der Waals surface area contributed by atoms with Gasteiger partial charge in [0, 0.05) is 23.8 Å². The third-order valence-corrected chi connectivity index (χ3v) is 4.91. The molecule has 8 heteroatoms. The first-order chi connectivity index (χ1) is 12.1. The topological polar surface area (TPSA) is 96.1 Å². The molecule has 7 nitrogen and oxygen atoms in total. The summed E-state index contributed by atoms with van der Waals surface area (Å²) in [6.07, 6.45) is 6.29. The maximum Gasteiger partial charge on any atom is 0.308 e. The van der Waals surface area contributed by atoms with Gasteiger partial charge in [0.25, 0.3) is 5.91 Å². The maximum atomic E-state index is 12.3. The van der Waals surface area contributed by atoms with Gasteiger partial charge in [0.05, 0.1) is 23.1 Å². The highest BCUT2D eigenvalue weighted by Crippen LogP contribution is 2.26. The molecule has 1 amide bonds. The van der Waals surface area contributed by atoms with Crippen LogP contribution in [0, 0.1) is 5.92 Å². The SMILES string of the molecule is CCOC(=O)C1CCC(NNC(=O)c2cnc3[nH]ccc3c2Cl)CC1. The molecule has 0 aliphatic heterocycles. The summed E-state index contributed by atoms with van der Waals surface area (Å²) in [5, 5.41) is 1.08. The van der Waals surface area contributed by atoms with Crippen LogP contribution in [0.1, 0.15) is 43.0 Å². The minimum Gasteiger partial charge on any atom is -0.466 e. The van der Waals surface area contributed by atoms with Crippen LogP contribution in [0.3, 0.4) is 0 Å². The molecule has 2 aromatic heterocycles. The van der Waals surface area contributed by atoms with E-state index in [0.717, 1.165) is 25.7 Å². The molecule has 0 radical (unpaired) electrons. The van der Waals surface area contributed by atoms with Crippen LogP contribution < -0.4 is 10.9 Å². The fourth-order valence-corrected chi connectivity index (χ4v) is 3.39. The Labute approximate surface area is 150 Å². The van der Waals surface area contributed by atoms with Crippen LogP contribution in [0.4, 0.5) is 0 Å². The number of hydrogen-bond acceptors (Lipinski definition) is 5. The number of rotatable bonds is 5. The monoisotopic (exact) mass is 364 g/mol. The van der Waals surface area contributed by atoms with Crippen LogP contribution in [0.15, 0.2) is 18.5 Å². The van der Waals surface area contributed by atoms with Crippen molar-refractivity contribution in [3.8, 4) is 0 Å². The Balaban J connectivity index is 1.53. The summed E-state index contributed by atoms with van der Waals surface area (Å²) in [5.74, 6) is -0.487. The predicted molar refractivity (Wildman–Crippen MR) is 94.1 cm³/mol. The number of carbonyl (C=O) groups excluding carboxylic acids is 2. The van der Waals surface area contributed by atoms with Crippen LogP contribution in [0.2, 0.25) is 5.02 Å². The zero-order valence-electron chi connectivity index (χ0n) is 14.0. The summed E-state index contributed by atoms with van der Waals surface area (Å²) in [4.78, 5) is 31.2. The van der Waals surface area contributed by atoms with Crippen molar-refractivity contribution in [3.05, 3.63) is 29.0 Å². The Morgan fingerprint density at radius 2 is 2.12 bits per heavy atom. The highest BCUT2D eigenvalue weighted by molar-refractivity contribution is 6.38. The Morgan fingerprint density at radius 3 is 2.84 bits per heavy atom. The summed E-state index contributed by atoms with van der Waals surface area (Å²) < 4.78 is 5.06. The molecule has 1 fully saturated rings. The summed E-state index contributed by atoms with van der Waals surface area (Å²) in [7, 11) is 0. The van der Waals surface area contributed by atoms with Gasteiger partial charge in [0.2, 0.25) is 0 Å². The molecule has 0 saturated heterocycles. The molecule has 1 aliphatic carbocycles. The van der Waals surface area contributed by atoms with Gasteiger partial charge in [-0.1, -0.05) is 11.6 Å². The second-order valence-corrected chi connectivity index (χ2v) is 6.50. The van der Waals surface area contributed by atoms with Gasteiger partial charge in [-0.3, -0.25) is 15.0 Å². The lowest BCUT2D eigenvalue weighted by atomic mass is 9.86. The quantitative estimate of drug-likeness (QED) is 0.559. The second-order valence-electron chi connectivity index (χ2n) is 6.12. The molecule has 134 valence electrons. The highest BCUT2D eigenvalue weighted by atomic mass is 35.5. The molecule has 25 heavy (non-hydrogen) atoms. The summed E-state index contributed by atoms with van der Waals surface area (Å²) in [6, 6.07) is 1.91. The van der Waals surface area contributed by atoms with E-state index in [1.807, 2.05) is 6.92 Å². The number of hydrogen-bond donors (Lipinski definition) is 3. The number of H-pyrrole nitrogens is 1. The van der Waals surface area contributed by atoms with Crippen molar-refractivity contribution in [3.63, 3.8) is 0 Å². The number of fused-ring (bicyclic) bond motifs is 1. The van der Waals surface area contributed by atoms with E-state index in [2.05, 4.69) is 20.8 Å². The number of amides is 1. The first-order valence-corrected chi connectivity index (χ1v) is 8.82. The Hall–Kier alpha value is -2.12. The predicted octanol–water partition coefficient (Wildman–Crippen LogP) is 2.57. The first-order valence-electron chi connectivity index (χ1n) is 8.44. The molecule has 3 N–H and O–H groups in total. The number of ether oxygens (including phenoxy) is 1. The number of halogens is 1. The van der Waals surface area contributed by atoms with Crippen LogP contribution in [0.25, 0.3) is 11.0 Å². The van der Waals surface area contributed by atoms with Gasteiger partial charge in [-0.05, 0) is 38.7 Å². The van der Waals surface area contributed by atoms with E-state index in [9.17, 15) is 9.59 Å². The number of aromatic nitrogens is 2. The van der Waals surface area contributed by atoms with Crippen molar-refractivity contribution >= 4 is 34.5 Å². The molecule has 1 aliphatic rings. The Kier molecular flexibility index (Phi) is 5.55. The van der Waals surface area contributed by atoms with Gasteiger partial charge in [-0.2, -0.15) is 0 Å². The second kappa shape index (κ2) is 7.84. The molecule has 0 aromatic carbocycles. The number of aromatic amines is 1.